The number of ether oxygens (including phenoxy) is 1. The zero-order chi connectivity index (χ0) is 11.3. The second-order valence-corrected chi connectivity index (χ2v) is 2.70. The van der Waals surface area contributed by atoms with Gasteiger partial charge in [-0.2, -0.15) is 0 Å². The number of Topliss-reactive ketones (excluding diaryl/α,β-unsaturated/α-hetero) is 1. The van der Waals surface area contributed by atoms with Gasteiger partial charge in [-0.05, 0) is 12.1 Å². The zero-order valence-electron chi connectivity index (χ0n) is 7.90. The Labute approximate surface area is 86.4 Å². The molecule has 1 aromatic rings. The number of nitrogens with two attached hydrogens (primary N) is 1. The first-order valence-corrected chi connectivity index (χ1v) is 4.20. The van der Waals surface area contributed by atoms with Crippen LogP contribution in [0.3, 0.4) is 0 Å². The summed E-state index contributed by atoms with van der Waals surface area (Å²) < 4.78 is 4.76. The van der Waals surface area contributed by atoms with Gasteiger partial charge in [-0.1, -0.05) is 12.1 Å². The molecule has 0 aliphatic rings. The highest BCUT2D eigenvalue weighted by Gasteiger charge is 2.05. The zero-order valence-corrected chi connectivity index (χ0v) is 7.90. The molecule has 0 saturated heterocycles. The minimum absolute atomic E-state index is 0.0670. The summed E-state index contributed by atoms with van der Waals surface area (Å²) in [5, 5.41) is 7.40. The highest BCUT2D eigenvalue weighted by molar-refractivity contribution is 6.33. The maximum absolute atomic E-state index is 10.9. The van der Waals surface area contributed by atoms with E-state index in [-0.39, 0.29) is 24.5 Å². The van der Waals surface area contributed by atoms with E-state index in [1.807, 2.05) is 0 Å². The molecule has 0 aliphatic heterocycles. The van der Waals surface area contributed by atoms with Gasteiger partial charge in [0.15, 0.2) is 6.29 Å². The van der Waals surface area contributed by atoms with Gasteiger partial charge in [-0.3, -0.25) is 20.7 Å². The number of ketones is 1. The monoisotopic (exact) mass is 206 g/mol. The topological polar surface area (TPSA) is 93.2 Å². The fourth-order valence-electron chi connectivity index (χ4n) is 1.02. The van der Waals surface area contributed by atoms with E-state index >= 15 is 0 Å². The Kier molecular flexibility index (Phi) is 3.70. The minimum atomic E-state index is -0.590. The number of carbonyl (C=O) groups is 2. The van der Waals surface area contributed by atoms with E-state index < -0.39 is 5.78 Å². The maximum atomic E-state index is 10.9. The van der Waals surface area contributed by atoms with Crippen molar-refractivity contribution in [3.8, 4) is 0 Å². The first kappa shape index (κ1) is 11.1. The van der Waals surface area contributed by atoms with Crippen LogP contribution in [0.25, 0.3) is 0 Å². The third-order valence-electron chi connectivity index (χ3n) is 1.77. The molecule has 3 N–H and O–H groups in total. The van der Waals surface area contributed by atoms with Crippen LogP contribution in [0, 0.1) is 5.41 Å². The van der Waals surface area contributed by atoms with Crippen LogP contribution >= 0.6 is 0 Å². The van der Waals surface area contributed by atoms with E-state index in [4.69, 9.17) is 15.9 Å². The van der Waals surface area contributed by atoms with Gasteiger partial charge in [0.25, 0.3) is 0 Å². The van der Waals surface area contributed by atoms with Crippen molar-refractivity contribution < 1.29 is 14.3 Å². The molecule has 5 heteroatoms. The van der Waals surface area contributed by atoms with E-state index in [2.05, 4.69) is 0 Å². The molecular formula is C10H10N2O3. The SMILES string of the molecule is N=C(OCN)c1ccc(C(=O)C=O)cc1. The Morgan fingerprint density at radius 3 is 2.33 bits per heavy atom. The fourth-order valence-corrected chi connectivity index (χ4v) is 1.02. The molecule has 0 heterocycles. The molecule has 0 atom stereocenters. The van der Waals surface area contributed by atoms with Crippen LogP contribution in [0.4, 0.5) is 0 Å². The van der Waals surface area contributed by atoms with Crippen LogP contribution in [0.15, 0.2) is 24.3 Å². The molecule has 0 amide bonds. The Bertz CT molecular complexity index is 384. The summed E-state index contributed by atoms with van der Waals surface area (Å²) in [6.07, 6.45) is 0.247. The predicted octanol–water partition coefficient (Wildman–Crippen LogP) is 0.326. The van der Waals surface area contributed by atoms with Crippen LogP contribution in [0.1, 0.15) is 15.9 Å². The molecule has 0 unspecified atom stereocenters. The van der Waals surface area contributed by atoms with Crippen LogP contribution in [-0.4, -0.2) is 24.7 Å². The molecular weight excluding hydrogens is 196 g/mol. The van der Waals surface area contributed by atoms with E-state index in [9.17, 15) is 9.59 Å². The van der Waals surface area contributed by atoms with Crippen molar-refractivity contribution in [2.45, 2.75) is 0 Å². The normalized spacial score (nSPS) is 9.40. The van der Waals surface area contributed by atoms with Crippen molar-refractivity contribution >= 4 is 18.0 Å². The smallest absolute Gasteiger partial charge is 0.225 e. The quantitative estimate of drug-likeness (QED) is 0.185. The Morgan fingerprint density at radius 2 is 1.87 bits per heavy atom. The number of hydrogen-bond acceptors (Lipinski definition) is 5. The average molecular weight is 206 g/mol. The lowest BCUT2D eigenvalue weighted by Crippen LogP contribution is -2.12. The molecule has 15 heavy (non-hydrogen) atoms. The molecule has 0 bridgehead atoms. The fraction of sp³-hybridized carbons (Fsp3) is 0.100. The van der Waals surface area contributed by atoms with Gasteiger partial charge < -0.3 is 4.74 Å². The summed E-state index contributed by atoms with van der Waals surface area (Å²) in [5.74, 6) is -0.657. The van der Waals surface area contributed by atoms with Crippen molar-refractivity contribution in [3.05, 3.63) is 35.4 Å². The second-order valence-electron chi connectivity index (χ2n) is 2.70. The summed E-state index contributed by atoms with van der Waals surface area (Å²) in [6, 6.07) is 5.96. The summed E-state index contributed by atoms with van der Waals surface area (Å²) >= 11 is 0. The second kappa shape index (κ2) is 5.02. The summed E-state index contributed by atoms with van der Waals surface area (Å²) in [7, 11) is 0. The number of rotatable bonds is 4. The molecule has 0 saturated carbocycles. The van der Waals surface area contributed by atoms with Crippen molar-refractivity contribution in [1.29, 1.82) is 5.41 Å². The number of hydrogen-bond donors (Lipinski definition) is 2. The summed E-state index contributed by atoms with van der Waals surface area (Å²) in [5.41, 5.74) is 5.89. The molecule has 5 nitrogen and oxygen atoms in total. The Morgan fingerprint density at radius 1 is 1.33 bits per heavy atom. The van der Waals surface area contributed by atoms with Crippen molar-refractivity contribution in [3.63, 3.8) is 0 Å². The summed E-state index contributed by atoms with van der Waals surface area (Å²) in [4.78, 5) is 21.1. The van der Waals surface area contributed by atoms with E-state index in [0.29, 0.717) is 5.56 Å². The first-order chi connectivity index (χ1) is 7.19. The summed E-state index contributed by atoms with van der Waals surface area (Å²) in [6.45, 7) is -0.0755. The molecule has 0 fully saturated rings. The van der Waals surface area contributed by atoms with Crippen LogP contribution < -0.4 is 5.73 Å². The van der Waals surface area contributed by atoms with Gasteiger partial charge in [-0.15, -0.1) is 0 Å². The number of nitrogens with one attached hydrogen (secondary N) is 1. The van der Waals surface area contributed by atoms with Gasteiger partial charge in [0.05, 0.1) is 0 Å². The van der Waals surface area contributed by atoms with Crippen molar-refractivity contribution in [2.75, 3.05) is 6.73 Å². The molecule has 0 aliphatic carbocycles. The lowest BCUT2D eigenvalue weighted by molar-refractivity contribution is -0.104. The Hall–Kier alpha value is -2.01. The largest absolute Gasteiger partial charge is 0.462 e. The van der Waals surface area contributed by atoms with Gasteiger partial charge >= 0.3 is 0 Å². The van der Waals surface area contributed by atoms with Crippen LogP contribution in [0.2, 0.25) is 0 Å². The van der Waals surface area contributed by atoms with E-state index in [1.165, 1.54) is 24.3 Å². The predicted molar refractivity (Wildman–Crippen MR) is 53.8 cm³/mol. The number of benzene rings is 1. The Balaban J connectivity index is 2.85. The molecule has 0 radical (unpaired) electrons. The molecule has 1 rings (SSSR count). The molecule has 0 aromatic heterocycles. The third-order valence-corrected chi connectivity index (χ3v) is 1.77. The molecule has 1 aromatic carbocycles. The standard InChI is InChI=1S/C10H10N2O3/c11-6-15-10(12)8-3-1-7(2-4-8)9(14)5-13/h1-5,12H,6,11H2. The van der Waals surface area contributed by atoms with Crippen LogP contribution in [-0.2, 0) is 9.53 Å². The average Bonchev–Trinajstić information content (AvgIpc) is 2.28. The number of aldehydes is 1. The van der Waals surface area contributed by atoms with Crippen LogP contribution in [0.5, 0.6) is 0 Å². The maximum Gasteiger partial charge on any atom is 0.225 e. The van der Waals surface area contributed by atoms with Gasteiger partial charge in [0.2, 0.25) is 11.7 Å². The first-order valence-electron chi connectivity index (χ1n) is 4.20. The van der Waals surface area contributed by atoms with Crippen molar-refractivity contribution in [2.24, 2.45) is 5.73 Å². The third kappa shape index (κ3) is 2.72. The molecule has 0 spiro atoms. The lowest BCUT2D eigenvalue weighted by Gasteiger charge is -2.04. The highest BCUT2D eigenvalue weighted by Crippen LogP contribution is 2.05. The highest BCUT2D eigenvalue weighted by atomic mass is 16.5. The van der Waals surface area contributed by atoms with E-state index in [1.54, 1.807) is 0 Å². The van der Waals surface area contributed by atoms with Gasteiger partial charge in [-0.25, -0.2) is 0 Å². The van der Waals surface area contributed by atoms with Gasteiger partial charge in [0.1, 0.15) is 6.73 Å². The lowest BCUT2D eigenvalue weighted by atomic mass is 10.1. The van der Waals surface area contributed by atoms with Crippen molar-refractivity contribution in [1.82, 2.24) is 0 Å². The van der Waals surface area contributed by atoms with Gasteiger partial charge in [0, 0.05) is 11.1 Å². The van der Waals surface area contributed by atoms with E-state index in [0.717, 1.165) is 0 Å². The molecule has 78 valence electrons. The minimum Gasteiger partial charge on any atom is -0.462 e. The number of carbonyl (C=O) groups excluding carboxylic acids is 2.